The maximum absolute atomic E-state index is 13.9. The molecule has 0 saturated heterocycles. The number of nitrogens with one attached hydrogen (secondary N) is 1. The minimum absolute atomic E-state index is 0.000166. The summed E-state index contributed by atoms with van der Waals surface area (Å²) in [7, 11) is -4.19. The van der Waals surface area contributed by atoms with E-state index in [1.165, 1.54) is 23.1 Å². The lowest BCUT2D eigenvalue weighted by atomic mass is 10.1. The average molecular weight is 611 g/mol. The van der Waals surface area contributed by atoms with Gasteiger partial charge in [0.15, 0.2) is 0 Å². The quantitative estimate of drug-likeness (QED) is 0.248. The number of para-hydroxylation sites is 1. The van der Waals surface area contributed by atoms with Crippen molar-refractivity contribution in [1.29, 1.82) is 0 Å². The molecular formula is C28H30Cl3N3O4S. The topological polar surface area (TPSA) is 86.8 Å². The highest BCUT2D eigenvalue weighted by Gasteiger charge is 2.33. The second-order valence-electron chi connectivity index (χ2n) is 8.87. The number of rotatable bonds is 12. The first kappa shape index (κ1) is 30.8. The number of unbranched alkanes of at least 4 members (excludes halogenated alkanes) is 1. The first-order valence-electron chi connectivity index (χ1n) is 12.4. The van der Waals surface area contributed by atoms with Gasteiger partial charge in [0.2, 0.25) is 11.8 Å². The van der Waals surface area contributed by atoms with E-state index < -0.39 is 28.5 Å². The van der Waals surface area contributed by atoms with E-state index in [2.05, 4.69) is 5.32 Å². The van der Waals surface area contributed by atoms with Crippen molar-refractivity contribution in [2.75, 3.05) is 17.4 Å². The molecule has 3 aromatic carbocycles. The molecule has 0 heterocycles. The van der Waals surface area contributed by atoms with Gasteiger partial charge in [-0.3, -0.25) is 13.9 Å². The van der Waals surface area contributed by atoms with Gasteiger partial charge in [0, 0.05) is 13.1 Å². The Balaban J connectivity index is 2.01. The lowest BCUT2D eigenvalue weighted by molar-refractivity contribution is -0.139. The summed E-state index contributed by atoms with van der Waals surface area (Å²) in [6, 6.07) is 18.2. The molecule has 0 aliphatic carbocycles. The van der Waals surface area contributed by atoms with E-state index in [1.54, 1.807) is 61.5 Å². The molecule has 0 aliphatic heterocycles. The molecule has 2 amide bonds. The van der Waals surface area contributed by atoms with Gasteiger partial charge in [0.25, 0.3) is 10.0 Å². The van der Waals surface area contributed by atoms with Crippen molar-refractivity contribution in [3.63, 3.8) is 0 Å². The third-order valence-corrected chi connectivity index (χ3v) is 8.90. The van der Waals surface area contributed by atoms with Gasteiger partial charge < -0.3 is 10.2 Å². The molecule has 1 N–H and O–H groups in total. The third kappa shape index (κ3) is 7.88. The fraction of sp³-hybridized carbons (Fsp3) is 0.286. The number of carbonyl (C=O) groups excluding carboxylic acids is 2. The zero-order valence-electron chi connectivity index (χ0n) is 21.6. The van der Waals surface area contributed by atoms with Crippen LogP contribution in [0.15, 0.2) is 77.7 Å². The van der Waals surface area contributed by atoms with E-state index in [9.17, 15) is 18.0 Å². The Hall–Kier alpha value is -2.78. The molecule has 0 spiro atoms. The zero-order valence-corrected chi connectivity index (χ0v) is 24.7. The predicted octanol–water partition coefficient (Wildman–Crippen LogP) is 6.18. The zero-order chi connectivity index (χ0) is 28.6. The number of nitrogens with zero attached hydrogens (tertiary/aromatic N) is 2. The summed E-state index contributed by atoms with van der Waals surface area (Å²) >= 11 is 18.7. The minimum atomic E-state index is -4.19. The van der Waals surface area contributed by atoms with E-state index in [1.807, 2.05) is 6.92 Å². The number of anilines is 1. The highest BCUT2D eigenvalue weighted by molar-refractivity contribution is 7.92. The molecule has 7 nitrogen and oxygen atoms in total. The number of hydrogen-bond donors (Lipinski definition) is 1. The van der Waals surface area contributed by atoms with Gasteiger partial charge in [-0.2, -0.15) is 0 Å². The molecular weight excluding hydrogens is 581 g/mol. The molecule has 3 rings (SSSR count). The molecule has 0 bridgehead atoms. The molecule has 11 heteroatoms. The Morgan fingerprint density at radius 2 is 1.56 bits per heavy atom. The highest BCUT2D eigenvalue weighted by Crippen LogP contribution is 2.31. The smallest absolute Gasteiger partial charge is 0.264 e. The van der Waals surface area contributed by atoms with Gasteiger partial charge in [-0.05, 0) is 55.3 Å². The fourth-order valence-corrected chi connectivity index (χ4v) is 5.90. The second kappa shape index (κ2) is 14.0. The molecule has 0 aliphatic rings. The number of carbonyl (C=O) groups is 2. The Kier molecular flexibility index (Phi) is 11.1. The van der Waals surface area contributed by atoms with Gasteiger partial charge in [-0.1, -0.05) is 84.5 Å². The van der Waals surface area contributed by atoms with Crippen LogP contribution in [-0.2, 0) is 26.2 Å². The maximum Gasteiger partial charge on any atom is 0.264 e. The largest absolute Gasteiger partial charge is 0.354 e. The van der Waals surface area contributed by atoms with Crippen molar-refractivity contribution in [3.05, 3.63) is 93.4 Å². The summed E-state index contributed by atoms with van der Waals surface area (Å²) in [6.45, 7) is 3.48. The van der Waals surface area contributed by atoms with Crippen molar-refractivity contribution >= 4 is 62.3 Å². The first-order valence-corrected chi connectivity index (χ1v) is 15.0. The number of hydrogen-bond acceptors (Lipinski definition) is 4. The van der Waals surface area contributed by atoms with Gasteiger partial charge >= 0.3 is 0 Å². The van der Waals surface area contributed by atoms with Crippen LogP contribution in [-0.4, -0.2) is 44.3 Å². The Morgan fingerprint density at radius 1 is 0.897 bits per heavy atom. The van der Waals surface area contributed by atoms with Crippen LogP contribution in [0.1, 0.15) is 32.3 Å². The lowest BCUT2D eigenvalue weighted by Gasteiger charge is -2.32. The Morgan fingerprint density at radius 3 is 2.21 bits per heavy atom. The van der Waals surface area contributed by atoms with E-state index in [0.29, 0.717) is 22.2 Å². The number of halogens is 3. The van der Waals surface area contributed by atoms with E-state index in [-0.39, 0.29) is 28.1 Å². The maximum atomic E-state index is 13.9. The van der Waals surface area contributed by atoms with Crippen LogP contribution in [0.5, 0.6) is 0 Å². The highest BCUT2D eigenvalue weighted by atomic mass is 35.5. The van der Waals surface area contributed by atoms with E-state index >= 15 is 0 Å². The van der Waals surface area contributed by atoms with Crippen molar-refractivity contribution in [3.8, 4) is 0 Å². The summed E-state index contributed by atoms with van der Waals surface area (Å²) in [5, 5.41) is 3.65. The molecule has 0 saturated carbocycles. The lowest BCUT2D eigenvalue weighted by Crippen LogP contribution is -2.51. The van der Waals surface area contributed by atoms with Crippen LogP contribution >= 0.6 is 34.8 Å². The summed E-state index contributed by atoms with van der Waals surface area (Å²) in [4.78, 5) is 28.2. The van der Waals surface area contributed by atoms with Gasteiger partial charge in [-0.25, -0.2) is 8.42 Å². The van der Waals surface area contributed by atoms with Crippen LogP contribution in [0.25, 0.3) is 0 Å². The molecule has 0 aromatic heterocycles. The number of amides is 2. The molecule has 1 atom stereocenters. The van der Waals surface area contributed by atoms with Gasteiger partial charge in [-0.15, -0.1) is 0 Å². The molecule has 208 valence electrons. The molecule has 39 heavy (non-hydrogen) atoms. The summed E-state index contributed by atoms with van der Waals surface area (Å²) in [5.41, 5.74) is 0.770. The third-order valence-electron chi connectivity index (χ3n) is 6.07. The number of benzene rings is 3. The SMILES string of the molecule is CCCCNC(=O)[C@H](C)N(Cc1ccc(Cl)c(Cl)c1)C(=O)CN(c1ccccc1Cl)S(=O)(=O)c1ccccc1. The summed E-state index contributed by atoms with van der Waals surface area (Å²) in [6.07, 6.45) is 1.68. The second-order valence-corrected chi connectivity index (χ2v) is 12.0. The first-order chi connectivity index (χ1) is 18.6. The predicted molar refractivity (Wildman–Crippen MR) is 157 cm³/mol. The molecule has 0 fully saturated rings. The Labute approximate surface area is 244 Å². The van der Waals surface area contributed by atoms with Crippen molar-refractivity contribution in [1.82, 2.24) is 10.2 Å². The van der Waals surface area contributed by atoms with Crippen LogP contribution < -0.4 is 9.62 Å². The van der Waals surface area contributed by atoms with Crippen LogP contribution in [0, 0.1) is 0 Å². The standard InChI is InChI=1S/C28H30Cl3N3O4S/c1-3-4-16-32-28(36)20(2)33(18-21-14-15-23(29)25(31)17-21)27(35)19-34(26-13-9-8-12-24(26)30)39(37,38)22-10-6-5-7-11-22/h5-15,17,20H,3-4,16,18-19H2,1-2H3,(H,32,36)/t20-/m0/s1. The van der Waals surface area contributed by atoms with Gasteiger partial charge in [0.1, 0.15) is 12.6 Å². The van der Waals surface area contributed by atoms with Gasteiger partial charge in [0.05, 0.1) is 25.7 Å². The van der Waals surface area contributed by atoms with Crippen LogP contribution in [0.2, 0.25) is 15.1 Å². The molecule has 3 aromatic rings. The normalized spacial score (nSPS) is 12.0. The minimum Gasteiger partial charge on any atom is -0.354 e. The van der Waals surface area contributed by atoms with Crippen molar-refractivity contribution in [2.24, 2.45) is 0 Å². The monoisotopic (exact) mass is 609 g/mol. The number of sulfonamides is 1. The molecule has 0 radical (unpaired) electrons. The van der Waals surface area contributed by atoms with Crippen LogP contribution in [0.3, 0.4) is 0 Å². The Bertz CT molecular complexity index is 1400. The van der Waals surface area contributed by atoms with E-state index in [4.69, 9.17) is 34.8 Å². The van der Waals surface area contributed by atoms with Crippen LogP contribution in [0.4, 0.5) is 5.69 Å². The fourth-order valence-electron chi connectivity index (χ4n) is 3.84. The van der Waals surface area contributed by atoms with Crippen molar-refractivity contribution in [2.45, 2.75) is 44.2 Å². The molecule has 0 unspecified atom stereocenters. The summed E-state index contributed by atoms with van der Waals surface area (Å²) < 4.78 is 28.5. The van der Waals surface area contributed by atoms with E-state index in [0.717, 1.165) is 17.1 Å². The average Bonchev–Trinajstić information content (AvgIpc) is 2.92. The van der Waals surface area contributed by atoms with Crippen molar-refractivity contribution < 1.29 is 18.0 Å². The summed E-state index contributed by atoms with van der Waals surface area (Å²) in [5.74, 6) is -0.953.